The number of aromatic nitrogens is 1. The van der Waals surface area contributed by atoms with Gasteiger partial charge < -0.3 is 9.64 Å². The average Bonchev–Trinajstić information content (AvgIpc) is 2.46. The van der Waals surface area contributed by atoms with E-state index in [9.17, 15) is 4.79 Å². The number of amides is 1. The van der Waals surface area contributed by atoms with E-state index < -0.39 is 0 Å². The summed E-state index contributed by atoms with van der Waals surface area (Å²) in [5, 5.41) is 0.829. The Balaban J connectivity index is 2.04. The molecule has 0 spiro atoms. The molecule has 1 unspecified atom stereocenters. The lowest BCUT2D eigenvalue weighted by Crippen LogP contribution is -2.46. The number of carbonyl (C=O) groups is 1. The monoisotopic (exact) mass is 280 g/mol. The van der Waals surface area contributed by atoms with Gasteiger partial charge in [-0.25, -0.2) is 4.98 Å². The molecule has 1 fully saturated rings. The van der Waals surface area contributed by atoms with Crippen molar-refractivity contribution >= 4 is 17.7 Å². The van der Waals surface area contributed by atoms with Crippen LogP contribution in [0.25, 0.3) is 0 Å². The molecule has 0 aliphatic carbocycles. The molecular weight excluding hydrogens is 260 g/mol. The standard InChI is InChI=1S/C14H20N2O2S/c1-11(2)13(19-12-5-3-4-6-15-12)14(17)16-7-9-18-10-8-16/h3-6,11,13H,7-10H2,1-2H3. The molecule has 1 aliphatic rings. The smallest absolute Gasteiger partial charge is 0.236 e. The molecule has 2 heterocycles. The predicted molar refractivity (Wildman–Crippen MR) is 76.1 cm³/mol. The minimum atomic E-state index is -0.0759. The highest BCUT2D eigenvalue weighted by Gasteiger charge is 2.29. The van der Waals surface area contributed by atoms with Gasteiger partial charge in [-0.1, -0.05) is 31.7 Å². The zero-order valence-corrected chi connectivity index (χ0v) is 12.2. The molecule has 1 atom stereocenters. The molecule has 0 bridgehead atoms. The Kier molecular flexibility index (Phi) is 5.22. The maximum Gasteiger partial charge on any atom is 0.236 e. The number of morpholine rings is 1. The van der Waals surface area contributed by atoms with Crippen molar-refractivity contribution in [2.24, 2.45) is 5.92 Å². The molecule has 1 saturated heterocycles. The molecule has 2 rings (SSSR count). The predicted octanol–water partition coefficient (Wildman–Crippen LogP) is 2.06. The lowest BCUT2D eigenvalue weighted by atomic mass is 10.1. The lowest BCUT2D eigenvalue weighted by molar-refractivity contribution is -0.135. The summed E-state index contributed by atoms with van der Waals surface area (Å²) in [4.78, 5) is 18.8. The zero-order chi connectivity index (χ0) is 13.7. The Morgan fingerprint density at radius 3 is 2.68 bits per heavy atom. The summed E-state index contributed by atoms with van der Waals surface area (Å²) in [5.74, 6) is 0.483. The van der Waals surface area contributed by atoms with Crippen LogP contribution >= 0.6 is 11.8 Å². The average molecular weight is 280 g/mol. The fourth-order valence-corrected chi connectivity index (χ4v) is 3.04. The van der Waals surface area contributed by atoms with E-state index in [1.54, 1.807) is 18.0 Å². The number of hydrogen-bond acceptors (Lipinski definition) is 4. The fraction of sp³-hybridized carbons (Fsp3) is 0.571. The molecule has 4 nitrogen and oxygen atoms in total. The van der Waals surface area contributed by atoms with Crippen LogP contribution in [-0.4, -0.2) is 47.3 Å². The normalized spacial score (nSPS) is 17.5. The van der Waals surface area contributed by atoms with Crippen molar-refractivity contribution in [1.82, 2.24) is 9.88 Å². The summed E-state index contributed by atoms with van der Waals surface area (Å²) < 4.78 is 5.30. The van der Waals surface area contributed by atoms with Crippen LogP contribution < -0.4 is 0 Å². The lowest BCUT2D eigenvalue weighted by Gasteiger charge is -2.31. The number of hydrogen-bond donors (Lipinski definition) is 0. The third-order valence-corrected chi connectivity index (χ3v) is 4.54. The minimum Gasteiger partial charge on any atom is -0.378 e. The second kappa shape index (κ2) is 6.91. The second-order valence-electron chi connectivity index (χ2n) is 4.89. The van der Waals surface area contributed by atoms with Gasteiger partial charge in [0, 0.05) is 19.3 Å². The van der Waals surface area contributed by atoms with Gasteiger partial charge in [0.05, 0.1) is 23.5 Å². The zero-order valence-electron chi connectivity index (χ0n) is 11.4. The van der Waals surface area contributed by atoms with E-state index >= 15 is 0 Å². The molecule has 5 heteroatoms. The number of pyridine rings is 1. The topological polar surface area (TPSA) is 42.4 Å². The van der Waals surface area contributed by atoms with Crippen LogP contribution in [-0.2, 0) is 9.53 Å². The van der Waals surface area contributed by atoms with Crippen LogP contribution in [0.15, 0.2) is 29.4 Å². The van der Waals surface area contributed by atoms with Gasteiger partial charge in [0.15, 0.2) is 0 Å². The van der Waals surface area contributed by atoms with Gasteiger partial charge in [-0.3, -0.25) is 4.79 Å². The number of ether oxygens (including phenoxy) is 1. The first kappa shape index (κ1) is 14.3. The van der Waals surface area contributed by atoms with Crippen molar-refractivity contribution in [3.05, 3.63) is 24.4 Å². The molecule has 1 aliphatic heterocycles. The van der Waals surface area contributed by atoms with Crippen LogP contribution in [0.4, 0.5) is 0 Å². The van der Waals surface area contributed by atoms with Crippen LogP contribution in [0.1, 0.15) is 13.8 Å². The van der Waals surface area contributed by atoms with Gasteiger partial charge in [0.1, 0.15) is 0 Å². The van der Waals surface area contributed by atoms with Gasteiger partial charge in [0.2, 0.25) is 5.91 Å². The summed E-state index contributed by atoms with van der Waals surface area (Å²) in [6, 6.07) is 5.79. The van der Waals surface area contributed by atoms with Crippen LogP contribution in [0.3, 0.4) is 0 Å². The summed E-state index contributed by atoms with van der Waals surface area (Å²) in [6.45, 7) is 6.85. The van der Waals surface area contributed by atoms with E-state index in [2.05, 4.69) is 18.8 Å². The van der Waals surface area contributed by atoms with Crippen LogP contribution in [0.5, 0.6) is 0 Å². The van der Waals surface area contributed by atoms with Crippen molar-refractivity contribution in [2.45, 2.75) is 24.1 Å². The number of rotatable bonds is 4. The van der Waals surface area contributed by atoms with Crippen molar-refractivity contribution in [3.8, 4) is 0 Å². The van der Waals surface area contributed by atoms with E-state index in [-0.39, 0.29) is 17.1 Å². The van der Waals surface area contributed by atoms with Crippen molar-refractivity contribution in [1.29, 1.82) is 0 Å². The largest absolute Gasteiger partial charge is 0.378 e. The van der Waals surface area contributed by atoms with Crippen molar-refractivity contribution in [3.63, 3.8) is 0 Å². The Morgan fingerprint density at radius 1 is 1.37 bits per heavy atom. The fourth-order valence-electron chi connectivity index (χ4n) is 1.98. The molecule has 0 saturated carbocycles. The van der Waals surface area contributed by atoms with Gasteiger partial charge in [-0.15, -0.1) is 0 Å². The number of nitrogens with zero attached hydrogens (tertiary/aromatic N) is 2. The molecule has 19 heavy (non-hydrogen) atoms. The molecule has 0 aromatic carbocycles. The molecule has 1 amide bonds. The van der Waals surface area contributed by atoms with E-state index in [4.69, 9.17) is 4.74 Å². The Morgan fingerprint density at radius 2 is 2.11 bits per heavy atom. The Hall–Kier alpha value is -1.07. The molecule has 0 N–H and O–H groups in total. The Bertz CT molecular complexity index is 405. The highest BCUT2D eigenvalue weighted by molar-refractivity contribution is 8.00. The number of thioether (sulfide) groups is 1. The maximum absolute atomic E-state index is 12.6. The summed E-state index contributed by atoms with van der Waals surface area (Å²) >= 11 is 1.56. The highest BCUT2D eigenvalue weighted by atomic mass is 32.2. The third-order valence-electron chi connectivity index (χ3n) is 3.06. The van der Waals surface area contributed by atoms with Crippen LogP contribution in [0.2, 0.25) is 0 Å². The quantitative estimate of drug-likeness (QED) is 0.792. The second-order valence-corrected chi connectivity index (χ2v) is 6.05. The van der Waals surface area contributed by atoms with Crippen molar-refractivity contribution in [2.75, 3.05) is 26.3 Å². The van der Waals surface area contributed by atoms with Gasteiger partial charge in [0.25, 0.3) is 0 Å². The van der Waals surface area contributed by atoms with Crippen LogP contribution in [0, 0.1) is 5.92 Å². The third kappa shape index (κ3) is 3.94. The first-order valence-corrected chi connectivity index (χ1v) is 7.50. The molecule has 1 aromatic heterocycles. The first-order valence-electron chi connectivity index (χ1n) is 6.62. The molecule has 1 aromatic rings. The summed E-state index contributed by atoms with van der Waals surface area (Å²) in [6.07, 6.45) is 1.76. The van der Waals surface area contributed by atoms with Gasteiger partial charge in [-0.05, 0) is 18.1 Å². The van der Waals surface area contributed by atoms with E-state index in [1.165, 1.54) is 0 Å². The summed E-state index contributed by atoms with van der Waals surface area (Å²) in [7, 11) is 0. The minimum absolute atomic E-state index is 0.0759. The van der Waals surface area contributed by atoms with Gasteiger partial charge >= 0.3 is 0 Å². The Labute approximate surface area is 118 Å². The molecular formula is C14H20N2O2S. The maximum atomic E-state index is 12.6. The first-order chi connectivity index (χ1) is 9.18. The molecule has 104 valence electrons. The van der Waals surface area contributed by atoms with E-state index in [1.807, 2.05) is 23.1 Å². The van der Waals surface area contributed by atoms with E-state index in [0.717, 1.165) is 5.03 Å². The SMILES string of the molecule is CC(C)C(Sc1ccccn1)C(=O)N1CCOCC1. The highest BCUT2D eigenvalue weighted by Crippen LogP contribution is 2.28. The summed E-state index contributed by atoms with van der Waals surface area (Å²) in [5.41, 5.74) is 0. The van der Waals surface area contributed by atoms with E-state index in [0.29, 0.717) is 26.3 Å². The van der Waals surface area contributed by atoms with Gasteiger partial charge in [-0.2, -0.15) is 0 Å². The van der Waals surface area contributed by atoms with Crippen molar-refractivity contribution < 1.29 is 9.53 Å². The number of carbonyl (C=O) groups excluding carboxylic acids is 1. The molecule has 0 radical (unpaired) electrons.